The zero-order valence-corrected chi connectivity index (χ0v) is 23.0. The van der Waals surface area contributed by atoms with Crippen LogP contribution in [0.25, 0.3) is 21.5 Å². The highest BCUT2D eigenvalue weighted by atomic mass is 16.4. The van der Waals surface area contributed by atoms with E-state index in [1.165, 1.54) is 82.0 Å². The minimum atomic E-state index is -1.63. The molecule has 0 fully saturated rings. The quantitative estimate of drug-likeness (QED) is 0.199. The molecule has 1 N–H and O–H groups in total. The molecule has 0 aliphatic rings. The summed E-state index contributed by atoms with van der Waals surface area (Å²) in [5, 5.41) is 24.2. The minimum absolute atomic E-state index is 0.397. The lowest BCUT2D eigenvalue weighted by molar-refractivity contribution is -0.929. The number of carbonyl (C=O) groups excluding carboxylic acids is 1. The normalized spacial score (nSPS) is 12.4. The predicted octanol–water partition coefficient (Wildman–Crippen LogP) is 6.78. The first-order chi connectivity index (χ1) is 17.4. The van der Waals surface area contributed by atoms with Gasteiger partial charge in [0.25, 0.3) is 0 Å². The number of hydrogen-bond donors (Lipinski definition) is 1. The van der Waals surface area contributed by atoms with Gasteiger partial charge in [0.1, 0.15) is 6.10 Å². The summed E-state index contributed by atoms with van der Waals surface area (Å²) in [7, 11) is 0. The van der Waals surface area contributed by atoms with E-state index < -0.39 is 12.1 Å². The SMILES string of the molecule is CCCC[N+](CCCC)(CCCC)CCCC.O=C([O-])C(O)c1c2ccccc2cc2ccccc12. The molecule has 0 saturated carbocycles. The summed E-state index contributed by atoms with van der Waals surface area (Å²) in [4.78, 5) is 11.0. The van der Waals surface area contributed by atoms with Gasteiger partial charge >= 0.3 is 0 Å². The van der Waals surface area contributed by atoms with Gasteiger partial charge in [-0.1, -0.05) is 102 Å². The summed E-state index contributed by atoms with van der Waals surface area (Å²) < 4.78 is 1.42. The highest BCUT2D eigenvalue weighted by Crippen LogP contribution is 2.32. The lowest BCUT2D eigenvalue weighted by Crippen LogP contribution is -2.50. The molecule has 1 atom stereocenters. The molecule has 0 heterocycles. The third-order valence-electron chi connectivity index (χ3n) is 7.25. The van der Waals surface area contributed by atoms with E-state index in [-0.39, 0.29) is 0 Å². The number of fused-ring (bicyclic) bond motifs is 2. The molecule has 0 radical (unpaired) electrons. The Morgan fingerprint density at radius 3 is 1.42 bits per heavy atom. The third kappa shape index (κ3) is 8.31. The number of aliphatic carboxylic acids is 1. The first-order valence-corrected chi connectivity index (χ1v) is 14.1. The molecule has 3 aromatic carbocycles. The maximum absolute atomic E-state index is 11.0. The number of hydrogen-bond acceptors (Lipinski definition) is 3. The van der Waals surface area contributed by atoms with E-state index in [0.717, 1.165) is 21.5 Å². The van der Waals surface area contributed by atoms with Crippen LogP contribution in [0.1, 0.15) is 90.7 Å². The fourth-order valence-corrected chi connectivity index (χ4v) is 5.11. The van der Waals surface area contributed by atoms with Gasteiger partial charge in [0.05, 0.1) is 32.1 Å². The fraction of sp³-hybridized carbons (Fsp3) is 0.531. The van der Waals surface area contributed by atoms with E-state index in [2.05, 4.69) is 27.7 Å². The van der Waals surface area contributed by atoms with Crippen LogP contribution in [0.3, 0.4) is 0 Å². The summed E-state index contributed by atoms with van der Waals surface area (Å²) >= 11 is 0. The molecule has 0 aliphatic carbocycles. The predicted molar refractivity (Wildman–Crippen MR) is 151 cm³/mol. The standard InChI is InChI=1S/C16H36N.C16H12O3/c1-5-9-13-17(14-10-6-2,15-11-7-3)16-12-8-4;17-15(16(18)19)14-12-7-3-1-5-10(12)9-11-6-2-4-8-13(11)14/h5-16H2,1-4H3;1-9,15,17H,(H,18,19)/q+1;/p-1. The van der Waals surface area contributed by atoms with Gasteiger partial charge in [0.2, 0.25) is 0 Å². The van der Waals surface area contributed by atoms with Crippen LogP contribution in [0.15, 0.2) is 54.6 Å². The Kier molecular flexibility index (Phi) is 12.9. The number of aliphatic hydroxyl groups excluding tert-OH is 1. The van der Waals surface area contributed by atoms with Gasteiger partial charge in [-0.05, 0) is 53.3 Å². The highest BCUT2D eigenvalue weighted by Gasteiger charge is 2.24. The van der Waals surface area contributed by atoms with Crippen LogP contribution < -0.4 is 5.11 Å². The number of rotatable bonds is 14. The Labute approximate surface area is 218 Å². The summed E-state index contributed by atoms with van der Waals surface area (Å²) in [5.41, 5.74) is 0.397. The van der Waals surface area contributed by atoms with Crippen molar-refractivity contribution in [3.63, 3.8) is 0 Å². The largest absolute Gasteiger partial charge is 0.547 e. The van der Waals surface area contributed by atoms with Crippen LogP contribution in [-0.2, 0) is 4.79 Å². The molecule has 1 unspecified atom stereocenters. The molecule has 3 rings (SSSR count). The monoisotopic (exact) mass is 493 g/mol. The number of carbonyl (C=O) groups is 1. The second-order valence-electron chi connectivity index (χ2n) is 10.1. The summed E-state index contributed by atoms with van der Waals surface area (Å²) in [6.07, 6.45) is 9.43. The second-order valence-corrected chi connectivity index (χ2v) is 10.1. The zero-order valence-electron chi connectivity index (χ0n) is 23.0. The molecule has 198 valence electrons. The number of aliphatic hydroxyl groups is 1. The average molecular weight is 494 g/mol. The minimum Gasteiger partial charge on any atom is -0.547 e. The molecule has 0 amide bonds. The van der Waals surface area contributed by atoms with E-state index in [4.69, 9.17) is 0 Å². The van der Waals surface area contributed by atoms with Gasteiger partial charge in [0.15, 0.2) is 0 Å². The molecule has 0 bridgehead atoms. The van der Waals surface area contributed by atoms with Crippen LogP contribution >= 0.6 is 0 Å². The Bertz CT molecular complexity index is 970. The van der Waals surface area contributed by atoms with E-state index >= 15 is 0 Å². The summed E-state index contributed by atoms with van der Waals surface area (Å²) in [6, 6.07) is 16.8. The molecule has 4 heteroatoms. The van der Waals surface area contributed by atoms with Gasteiger partial charge in [0, 0.05) is 5.56 Å². The van der Waals surface area contributed by atoms with Crippen LogP contribution in [0.5, 0.6) is 0 Å². The lowest BCUT2D eigenvalue weighted by atomic mass is 9.93. The molecule has 4 nitrogen and oxygen atoms in total. The van der Waals surface area contributed by atoms with Crippen molar-refractivity contribution >= 4 is 27.5 Å². The maximum atomic E-state index is 11.0. The van der Waals surface area contributed by atoms with E-state index in [1.54, 1.807) is 0 Å². The number of carboxylic acids is 1. The van der Waals surface area contributed by atoms with Crippen molar-refractivity contribution in [1.82, 2.24) is 0 Å². The molecule has 36 heavy (non-hydrogen) atoms. The summed E-state index contributed by atoms with van der Waals surface area (Å²) in [6.45, 7) is 15.0. The number of nitrogens with zero attached hydrogens (tertiary/aromatic N) is 1. The topological polar surface area (TPSA) is 60.4 Å². The smallest absolute Gasteiger partial charge is 0.120 e. The van der Waals surface area contributed by atoms with Crippen molar-refractivity contribution in [3.8, 4) is 0 Å². The molecular weight excluding hydrogens is 446 g/mol. The van der Waals surface area contributed by atoms with Crippen LogP contribution in [0.4, 0.5) is 0 Å². The van der Waals surface area contributed by atoms with Crippen molar-refractivity contribution in [1.29, 1.82) is 0 Å². The van der Waals surface area contributed by atoms with Crippen LogP contribution in [0, 0.1) is 0 Å². The number of quaternary nitrogens is 1. The highest BCUT2D eigenvalue weighted by molar-refractivity contribution is 6.04. The molecule has 0 spiro atoms. The molecule has 0 aliphatic heterocycles. The van der Waals surface area contributed by atoms with Gasteiger partial charge in [-0.3, -0.25) is 0 Å². The Morgan fingerprint density at radius 2 is 1.08 bits per heavy atom. The molecule has 0 saturated heterocycles. The van der Waals surface area contributed by atoms with Gasteiger partial charge in [-0.15, -0.1) is 0 Å². The Morgan fingerprint density at radius 1 is 0.722 bits per heavy atom. The lowest BCUT2D eigenvalue weighted by Gasteiger charge is -2.39. The van der Waals surface area contributed by atoms with E-state index in [9.17, 15) is 15.0 Å². The maximum Gasteiger partial charge on any atom is 0.120 e. The van der Waals surface area contributed by atoms with Crippen molar-refractivity contribution < 1.29 is 19.5 Å². The Balaban J connectivity index is 0.000000256. The molecular formula is C32H47NO3. The van der Waals surface area contributed by atoms with Gasteiger partial charge in [-0.25, -0.2) is 0 Å². The van der Waals surface area contributed by atoms with Gasteiger partial charge in [-0.2, -0.15) is 0 Å². The fourth-order valence-electron chi connectivity index (χ4n) is 5.11. The number of unbranched alkanes of at least 4 members (excludes halogenated alkanes) is 4. The summed E-state index contributed by atoms with van der Waals surface area (Å²) in [5.74, 6) is -1.48. The molecule has 0 aromatic heterocycles. The zero-order chi connectivity index (χ0) is 26.4. The average Bonchev–Trinajstić information content (AvgIpc) is 2.90. The molecule has 3 aromatic rings. The van der Waals surface area contributed by atoms with Crippen molar-refractivity contribution in [2.24, 2.45) is 0 Å². The first kappa shape index (κ1) is 29.8. The first-order valence-electron chi connectivity index (χ1n) is 14.1. The van der Waals surface area contributed by atoms with Crippen molar-refractivity contribution in [2.75, 3.05) is 26.2 Å². The Hall–Kier alpha value is -2.43. The van der Waals surface area contributed by atoms with E-state index in [1.807, 2.05) is 54.6 Å². The van der Waals surface area contributed by atoms with Crippen LogP contribution in [0.2, 0.25) is 0 Å². The van der Waals surface area contributed by atoms with Gasteiger partial charge < -0.3 is 19.5 Å². The number of benzene rings is 3. The van der Waals surface area contributed by atoms with E-state index in [0.29, 0.717) is 5.56 Å². The van der Waals surface area contributed by atoms with Crippen LogP contribution in [-0.4, -0.2) is 41.7 Å². The van der Waals surface area contributed by atoms with Crippen molar-refractivity contribution in [3.05, 3.63) is 60.2 Å². The van der Waals surface area contributed by atoms with Crippen molar-refractivity contribution in [2.45, 2.75) is 85.2 Å². The third-order valence-corrected chi connectivity index (χ3v) is 7.25. The number of carboxylic acid groups (broad SMARTS) is 1. The second kappa shape index (κ2) is 15.6.